The maximum atomic E-state index is 12.8. The quantitative estimate of drug-likeness (QED) is 0.442. The van der Waals surface area contributed by atoms with Crippen LogP contribution in [0.1, 0.15) is 35.7 Å². The average Bonchev–Trinajstić information content (AvgIpc) is 3.36. The number of allylic oxidation sites excluding steroid dienone is 1. The van der Waals surface area contributed by atoms with Crippen molar-refractivity contribution in [1.82, 2.24) is 4.98 Å². The van der Waals surface area contributed by atoms with Crippen LogP contribution < -0.4 is 11.1 Å². The summed E-state index contributed by atoms with van der Waals surface area (Å²) < 4.78 is 10.1. The molecule has 0 bridgehead atoms. The Bertz CT molecular complexity index is 1420. The molecule has 37 heavy (non-hydrogen) atoms. The molecule has 2 heterocycles. The number of carbonyl (C=O) groups is 3. The summed E-state index contributed by atoms with van der Waals surface area (Å²) in [5, 5.41) is 5.85. The predicted octanol–water partition coefficient (Wildman–Crippen LogP) is 4.45. The van der Waals surface area contributed by atoms with Crippen LogP contribution in [-0.4, -0.2) is 42.8 Å². The molecule has 0 saturated heterocycles. The molecule has 2 atom stereocenters. The highest BCUT2D eigenvalue weighted by Crippen LogP contribution is 2.41. The van der Waals surface area contributed by atoms with Crippen molar-refractivity contribution in [3.05, 3.63) is 76.3 Å². The Morgan fingerprint density at radius 1 is 1.03 bits per heavy atom. The molecule has 2 aromatic carbocycles. The fourth-order valence-corrected chi connectivity index (χ4v) is 5.15. The van der Waals surface area contributed by atoms with Gasteiger partial charge in [0.15, 0.2) is 5.13 Å². The van der Waals surface area contributed by atoms with Crippen molar-refractivity contribution in [3.63, 3.8) is 0 Å². The van der Waals surface area contributed by atoms with Crippen molar-refractivity contribution in [2.45, 2.75) is 19.8 Å². The zero-order valence-electron chi connectivity index (χ0n) is 20.8. The van der Waals surface area contributed by atoms with Gasteiger partial charge in [0.05, 0.1) is 25.5 Å². The number of esters is 2. The van der Waals surface area contributed by atoms with Crippen LogP contribution in [0.15, 0.2) is 70.2 Å². The number of thiazole rings is 1. The van der Waals surface area contributed by atoms with Crippen LogP contribution >= 0.6 is 11.3 Å². The van der Waals surface area contributed by atoms with Crippen molar-refractivity contribution >= 4 is 45.7 Å². The Labute approximate surface area is 218 Å². The zero-order valence-corrected chi connectivity index (χ0v) is 21.6. The number of rotatable bonds is 7. The molecule has 1 aromatic heterocycles. The van der Waals surface area contributed by atoms with Crippen molar-refractivity contribution in [1.29, 1.82) is 0 Å². The summed E-state index contributed by atoms with van der Waals surface area (Å²) >= 11 is 1.42. The molecule has 3 N–H and O–H groups in total. The highest BCUT2D eigenvalue weighted by Gasteiger charge is 2.42. The second kappa shape index (κ2) is 10.8. The third-order valence-electron chi connectivity index (χ3n) is 6.16. The summed E-state index contributed by atoms with van der Waals surface area (Å²) in [6, 6.07) is 14.4. The lowest BCUT2D eigenvalue weighted by molar-refractivity contribution is -0.143. The third kappa shape index (κ3) is 5.29. The van der Waals surface area contributed by atoms with Crippen molar-refractivity contribution in [3.8, 4) is 11.3 Å². The highest BCUT2D eigenvalue weighted by molar-refractivity contribution is 7.14. The maximum Gasteiger partial charge on any atom is 0.336 e. The molecule has 1 aliphatic heterocycles. The second-order valence-electron chi connectivity index (χ2n) is 8.45. The monoisotopic (exact) mass is 518 g/mol. The van der Waals surface area contributed by atoms with Crippen molar-refractivity contribution < 1.29 is 23.9 Å². The van der Waals surface area contributed by atoms with Gasteiger partial charge >= 0.3 is 11.9 Å². The molecule has 4 rings (SSSR count). The van der Waals surface area contributed by atoms with Gasteiger partial charge in [-0.1, -0.05) is 24.3 Å². The van der Waals surface area contributed by atoms with Crippen LogP contribution in [0.2, 0.25) is 0 Å². The Balaban J connectivity index is 1.65. The van der Waals surface area contributed by atoms with Gasteiger partial charge in [0.2, 0.25) is 5.91 Å². The fraction of sp³-hybridized carbons (Fsp3) is 0.222. The van der Waals surface area contributed by atoms with Crippen LogP contribution in [0.4, 0.5) is 10.8 Å². The van der Waals surface area contributed by atoms with E-state index < -0.39 is 29.7 Å². The van der Waals surface area contributed by atoms with Gasteiger partial charge in [-0.2, -0.15) is 0 Å². The van der Waals surface area contributed by atoms with E-state index in [-0.39, 0.29) is 0 Å². The Morgan fingerprint density at radius 2 is 1.76 bits per heavy atom. The molecule has 0 saturated carbocycles. The molecule has 3 aromatic rings. The fourth-order valence-electron chi connectivity index (χ4n) is 4.41. The molecule has 10 heteroatoms. The van der Waals surface area contributed by atoms with Crippen molar-refractivity contribution in [2.75, 3.05) is 19.5 Å². The number of carbonyl (C=O) groups excluding carboxylic acids is 3. The molecule has 2 unspecified atom stereocenters. The minimum absolute atomic E-state index is 0.316. The van der Waals surface area contributed by atoms with Gasteiger partial charge in [-0.3, -0.25) is 14.6 Å². The highest BCUT2D eigenvalue weighted by atomic mass is 32.1. The Morgan fingerprint density at radius 3 is 2.41 bits per heavy atom. The van der Waals surface area contributed by atoms with Crippen LogP contribution in [0.3, 0.4) is 0 Å². The SMILES string of the molecule is COC(=O)C1=C(C)N=C(C)C(C(=O)OC)C1c1cccc(Nc2nc(-c3ccc(C(N)=O)cc3)cs2)c1. The summed E-state index contributed by atoms with van der Waals surface area (Å²) in [5.74, 6) is -2.91. The minimum Gasteiger partial charge on any atom is -0.468 e. The van der Waals surface area contributed by atoms with Crippen LogP contribution in [0.25, 0.3) is 11.3 Å². The minimum atomic E-state index is -0.770. The summed E-state index contributed by atoms with van der Waals surface area (Å²) in [7, 11) is 2.62. The molecule has 0 aliphatic carbocycles. The standard InChI is InChI=1S/C27H26N4O5S/c1-14-21(25(33)35-3)23(22(15(2)29-14)26(34)36-4)18-6-5-7-19(12-18)30-27-31-20(13-37-27)16-8-10-17(11-9-16)24(28)32/h5-13,21,23H,1-4H3,(H2,28,32)(H,30,31). The van der Waals surface area contributed by atoms with E-state index in [1.54, 1.807) is 38.1 Å². The van der Waals surface area contributed by atoms with E-state index in [4.69, 9.17) is 15.2 Å². The molecule has 0 fully saturated rings. The van der Waals surface area contributed by atoms with Crippen molar-refractivity contribution in [2.24, 2.45) is 16.6 Å². The number of nitrogens with zero attached hydrogens (tertiary/aromatic N) is 2. The number of aromatic nitrogens is 1. The number of hydrogen-bond acceptors (Lipinski definition) is 9. The first-order valence-corrected chi connectivity index (χ1v) is 12.3. The summed E-state index contributed by atoms with van der Waals surface area (Å²) in [6.07, 6.45) is 0. The zero-order chi connectivity index (χ0) is 26.7. The molecule has 1 amide bonds. The van der Waals surface area contributed by atoms with E-state index in [9.17, 15) is 14.4 Å². The van der Waals surface area contributed by atoms with Gasteiger partial charge < -0.3 is 20.5 Å². The van der Waals surface area contributed by atoms with E-state index >= 15 is 0 Å². The summed E-state index contributed by atoms with van der Waals surface area (Å²) in [4.78, 5) is 45.9. The first-order valence-electron chi connectivity index (χ1n) is 11.4. The number of ether oxygens (including phenoxy) is 2. The van der Waals surface area contributed by atoms with E-state index in [0.717, 1.165) is 22.5 Å². The molecule has 1 aliphatic rings. The average molecular weight is 519 g/mol. The van der Waals surface area contributed by atoms with Gasteiger partial charge in [-0.05, 0) is 43.7 Å². The molecule has 0 radical (unpaired) electrons. The number of nitrogens with one attached hydrogen (secondary N) is 1. The molecular formula is C27H26N4O5S. The lowest BCUT2D eigenvalue weighted by Crippen LogP contribution is -2.36. The number of aliphatic imine (C=N–C) groups is 1. The van der Waals surface area contributed by atoms with E-state index in [0.29, 0.717) is 27.7 Å². The van der Waals surface area contributed by atoms with E-state index in [2.05, 4.69) is 15.3 Å². The first kappa shape index (κ1) is 25.8. The molecular weight excluding hydrogens is 492 g/mol. The second-order valence-corrected chi connectivity index (χ2v) is 9.31. The number of amides is 1. The molecule has 0 spiro atoms. The van der Waals surface area contributed by atoms with Crippen LogP contribution in [0, 0.1) is 5.92 Å². The van der Waals surface area contributed by atoms with Gasteiger partial charge in [-0.25, -0.2) is 9.78 Å². The van der Waals surface area contributed by atoms with E-state index in [1.165, 1.54) is 25.6 Å². The summed E-state index contributed by atoms with van der Waals surface area (Å²) in [5.41, 5.74) is 10.2. The van der Waals surface area contributed by atoms with E-state index in [1.807, 2.05) is 29.6 Å². The number of anilines is 2. The molecule has 190 valence electrons. The number of nitrogens with two attached hydrogens (primary N) is 1. The maximum absolute atomic E-state index is 12.8. The van der Waals surface area contributed by atoms with Crippen LogP contribution in [0.5, 0.6) is 0 Å². The smallest absolute Gasteiger partial charge is 0.336 e. The third-order valence-corrected chi connectivity index (χ3v) is 6.91. The first-order chi connectivity index (χ1) is 17.7. The summed E-state index contributed by atoms with van der Waals surface area (Å²) in [6.45, 7) is 3.48. The predicted molar refractivity (Wildman–Crippen MR) is 142 cm³/mol. The molecule has 9 nitrogen and oxygen atoms in total. The largest absolute Gasteiger partial charge is 0.468 e. The van der Waals surface area contributed by atoms with Gasteiger partial charge in [0.1, 0.15) is 5.92 Å². The number of primary amides is 1. The lowest BCUT2D eigenvalue weighted by Gasteiger charge is -2.31. The number of hydrogen-bond donors (Lipinski definition) is 2. The lowest BCUT2D eigenvalue weighted by atomic mass is 9.75. The topological polar surface area (TPSA) is 133 Å². The van der Waals surface area contributed by atoms with Gasteiger partial charge in [0.25, 0.3) is 0 Å². The number of methoxy groups -OCH3 is 2. The normalized spacial score (nSPS) is 17.1. The van der Waals surface area contributed by atoms with Crippen LogP contribution in [-0.2, 0) is 19.1 Å². The number of benzene rings is 2. The Kier molecular flexibility index (Phi) is 7.49. The van der Waals surface area contributed by atoms with Gasteiger partial charge in [-0.15, -0.1) is 11.3 Å². The van der Waals surface area contributed by atoms with Gasteiger partial charge in [0, 0.05) is 39.5 Å². The Hall–Kier alpha value is -4.31.